The molecule has 1 aliphatic rings. The zero-order valence-corrected chi connectivity index (χ0v) is 6.61. The summed E-state index contributed by atoms with van der Waals surface area (Å²) >= 11 is 0. The van der Waals surface area contributed by atoms with Crippen LogP contribution in [0.4, 0.5) is 0 Å². The van der Waals surface area contributed by atoms with Gasteiger partial charge < -0.3 is 35.4 Å². The Morgan fingerprint density at radius 3 is 2.15 bits per heavy atom. The molecule has 0 unspecified atom stereocenters. The minimum Gasteiger partial charge on any atom is -0.394 e. The van der Waals surface area contributed by atoms with Gasteiger partial charge in [0.15, 0.2) is 0 Å². The second-order valence-electron chi connectivity index (χ2n) is 2.93. The second kappa shape index (κ2) is 3.46. The smallest absolute Gasteiger partial charge is 0.245 e. The molecular weight excluding hydrogens is 184 g/mol. The van der Waals surface area contributed by atoms with E-state index in [9.17, 15) is 0 Å². The Hall–Kier alpha value is -0.280. The van der Waals surface area contributed by atoms with E-state index in [-0.39, 0.29) is 0 Å². The number of hydrogen-bond donors (Lipinski definition) is 6. The summed E-state index contributed by atoms with van der Waals surface area (Å²) in [6, 6.07) is 0. The Balaban J connectivity index is 2.73. The Morgan fingerprint density at radius 2 is 1.85 bits per heavy atom. The molecule has 0 saturated carbocycles. The van der Waals surface area contributed by atoms with E-state index in [2.05, 4.69) is 4.74 Å². The van der Waals surface area contributed by atoms with Gasteiger partial charge in [-0.3, -0.25) is 0 Å². The molecule has 6 N–H and O–H groups in total. The van der Waals surface area contributed by atoms with E-state index in [0.29, 0.717) is 0 Å². The average molecular weight is 196 g/mol. The Kier molecular flexibility index (Phi) is 2.88. The van der Waals surface area contributed by atoms with Crippen molar-refractivity contribution in [2.24, 2.45) is 0 Å². The molecule has 0 aromatic rings. The minimum atomic E-state index is -2.82. The fourth-order valence-corrected chi connectivity index (χ4v) is 1.12. The molecule has 0 bridgehead atoms. The molecule has 0 aromatic carbocycles. The molecule has 1 saturated heterocycles. The van der Waals surface area contributed by atoms with E-state index in [1.165, 1.54) is 0 Å². The molecular formula is C6H12O7. The molecule has 1 aliphatic heterocycles. The van der Waals surface area contributed by atoms with Crippen molar-refractivity contribution < 1.29 is 35.4 Å². The normalized spacial score (nSPS) is 40.6. The molecule has 78 valence electrons. The second-order valence-corrected chi connectivity index (χ2v) is 2.93. The van der Waals surface area contributed by atoms with Crippen LogP contribution in [0.3, 0.4) is 0 Å². The summed E-state index contributed by atoms with van der Waals surface area (Å²) in [5, 5.41) is 53.5. The van der Waals surface area contributed by atoms with Gasteiger partial charge in [0.25, 0.3) is 0 Å². The van der Waals surface area contributed by atoms with Crippen molar-refractivity contribution in [2.75, 3.05) is 6.61 Å². The van der Waals surface area contributed by atoms with Crippen LogP contribution in [0.5, 0.6) is 0 Å². The molecule has 0 aliphatic carbocycles. The molecule has 1 rings (SSSR count). The summed E-state index contributed by atoms with van der Waals surface area (Å²) in [5.74, 6) is -2.82. The molecule has 7 nitrogen and oxygen atoms in total. The van der Waals surface area contributed by atoms with Crippen molar-refractivity contribution in [3.8, 4) is 0 Å². The third kappa shape index (κ3) is 1.67. The maximum atomic E-state index is 9.13. The van der Waals surface area contributed by atoms with Gasteiger partial charge >= 0.3 is 0 Å². The van der Waals surface area contributed by atoms with Gasteiger partial charge in [0.05, 0.1) is 6.61 Å². The molecule has 0 radical (unpaired) electrons. The first-order valence-corrected chi connectivity index (χ1v) is 3.66. The van der Waals surface area contributed by atoms with E-state index in [1.807, 2.05) is 0 Å². The van der Waals surface area contributed by atoms with Crippen LogP contribution in [-0.4, -0.2) is 67.6 Å². The van der Waals surface area contributed by atoms with Crippen molar-refractivity contribution in [3.63, 3.8) is 0 Å². The SMILES string of the molecule is OC[C@H](O)[C@H]1O[C@H](O)C(O)(O)[C@@H]1O. The molecule has 1 fully saturated rings. The van der Waals surface area contributed by atoms with Crippen molar-refractivity contribution in [2.45, 2.75) is 30.4 Å². The number of ether oxygens (including phenoxy) is 1. The fraction of sp³-hybridized carbons (Fsp3) is 1.00. The summed E-state index contributed by atoms with van der Waals surface area (Å²) in [5.41, 5.74) is 0. The van der Waals surface area contributed by atoms with Crippen LogP contribution >= 0.6 is 0 Å². The zero-order valence-electron chi connectivity index (χ0n) is 6.61. The van der Waals surface area contributed by atoms with E-state index in [0.717, 1.165) is 0 Å². The summed E-state index contributed by atoms with van der Waals surface area (Å²) < 4.78 is 4.44. The van der Waals surface area contributed by atoms with Gasteiger partial charge in [-0.1, -0.05) is 0 Å². The summed E-state index contributed by atoms with van der Waals surface area (Å²) in [7, 11) is 0. The van der Waals surface area contributed by atoms with Gasteiger partial charge in [-0.25, -0.2) is 0 Å². The van der Waals surface area contributed by atoms with Crippen molar-refractivity contribution in [3.05, 3.63) is 0 Å². The van der Waals surface area contributed by atoms with E-state index in [1.54, 1.807) is 0 Å². The lowest BCUT2D eigenvalue weighted by molar-refractivity contribution is -0.281. The van der Waals surface area contributed by atoms with E-state index in [4.69, 9.17) is 30.6 Å². The molecule has 0 aromatic heterocycles. The molecule has 13 heavy (non-hydrogen) atoms. The van der Waals surface area contributed by atoms with Crippen LogP contribution in [0.1, 0.15) is 0 Å². The quantitative estimate of drug-likeness (QED) is 0.249. The first-order valence-electron chi connectivity index (χ1n) is 3.66. The Labute approximate surface area is 73.4 Å². The average Bonchev–Trinajstić information content (AvgIpc) is 2.28. The van der Waals surface area contributed by atoms with Gasteiger partial charge in [0, 0.05) is 0 Å². The predicted molar refractivity (Wildman–Crippen MR) is 37.1 cm³/mol. The van der Waals surface area contributed by atoms with Crippen molar-refractivity contribution in [1.29, 1.82) is 0 Å². The minimum absolute atomic E-state index is 0.718. The number of aliphatic hydroxyl groups is 6. The first-order chi connectivity index (χ1) is 5.91. The highest BCUT2D eigenvalue weighted by Gasteiger charge is 2.56. The highest BCUT2D eigenvalue weighted by molar-refractivity contribution is 4.94. The van der Waals surface area contributed by atoms with Crippen LogP contribution in [-0.2, 0) is 4.74 Å². The summed E-state index contributed by atoms with van der Waals surface area (Å²) in [4.78, 5) is 0. The van der Waals surface area contributed by atoms with Crippen LogP contribution in [0, 0.1) is 0 Å². The summed E-state index contributed by atoms with van der Waals surface area (Å²) in [6.07, 6.45) is -6.78. The van der Waals surface area contributed by atoms with E-state index < -0.39 is 37.0 Å². The van der Waals surface area contributed by atoms with Gasteiger partial charge in [-0.2, -0.15) is 0 Å². The maximum absolute atomic E-state index is 9.13. The van der Waals surface area contributed by atoms with Crippen LogP contribution in [0.25, 0.3) is 0 Å². The highest BCUT2D eigenvalue weighted by atomic mass is 16.7. The third-order valence-corrected chi connectivity index (χ3v) is 1.96. The lowest BCUT2D eigenvalue weighted by Gasteiger charge is -2.22. The third-order valence-electron chi connectivity index (χ3n) is 1.96. The number of aliphatic hydroxyl groups excluding tert-OH is 4. The maximum Gasteiger partial charge on any atom is 0.245 e. The van der Waals surface area contributed by atoms with E-state index >= 15 is 0 Å². The van der Waals surface area contributed by atoms with Crippen LogP contribution in [0.15, 0.2) is 0 Å². The summed E-state index contributed by atoms with van der Waals surface area (Å²) in [6.45, 7) is -0.718. The Morgan fingerprint density at radius 1 is 1.31 bits per heavy atom. The van der Waals surface area contributed by atoms with Gasteiger partial charge in [-0.05, 0) is 0 Å². The largest absolute Gasteiger partial charge is 0.394 e. The lowest BCUT2D eigenvalue weighted by atomic mass is 10.0. The standard InChI is InChI=1S/C6H12O7/c7-1-2(8)3-4(9)6(11,12)5(10)13-3/h2-5,7-12H,1H2/t2-,3+,4+,5-/m0/s1. The molecule has 0 amide bonds. The van der Waals surface area contributed by atoms with Gasteiger partial charge in [0.2, 0.25) is 12.1 Å². The predicted octanol–water partition coefficient (Wildman–Crippen LogP) is -3.90. The molecule has 0 spiro atoms. The van der Waals surface area contributed by atoms with Crippen LogP contribution in [0.2, 0.25) is 0 Å². The monoisotopic (exact) mass is 196 g/mol. The number of hydrogen-bond acceptors (Lipinski definition) is 7. The van der Waals surface area contributed by atoms with Crippen LogP contribution < -0.4 is 0 Å². The topological polar surface area (TPSA) is 131 Å². The molecule has 4 atom stereocenters. The Bertz CT molecular complexity index is 182. The van der Waals surface area contributed by atoms with Crippen molar-refractivity contribution in [1.82, 2.24) is 0 Å². The van der Waals surface area contributed by atoms with Gasteiger partial charge in [-0.15, -0.1) is 0 Å². The molecule has 7 heteroatoms. The lowest BCUT2D eigenvalue weighted by Crippen LogP contribution is -2.50. The fourth-order valence-electron chi connectivity index (χ4n) is 1.12. The highest BCUT2D eigenvalue weighted by Crippen LogP contribution is 2.29. The zero-order chi connectivity index (χ0) is 10.2. The first kappa shape index (κ1) is 10.8. The van der Waals surface area contributed by atoms with Crippen molar-refractivity contribution >= 4 is 0 Å². The molecule has 1 heterocycles. The van der Waals surface area contributed by atoms with Gasteiger partial charge in [0.1, 0.15) is 18.3 Å². The number of rotatable bonds is 2.